The molecule has 3 aromatic rings. The molecule has 0 bridgehead atoms. The van der Waals surface area contributed by atoms with Crippen molar-refractivity contribution in [2.75, 3.05) is 12.4 Å². The minimum atomic E-state index is -0.789. The highest BCUT2D eigenvalue weighted by Gasteiger charge is 2.16. The molecule has 35 heavy (non-hydrogen) atoms. The second-order valence-electron chi connectivity index (χ2n) is 8.83. The predicted octanol–water partition coefficient (Wildman–Crippen LogP) is 7.63. The van der Waals surface area contributed by atoms with E-state index >= 15 is 0 Å². The van der Waals surface area contributed by atoms with Gasteiger partial charge in [0.05, 0.1) is 17.2 Å². The smallest absolute Gasteiger partial charge is 0.313 e. The van der Waals surface area contributed by atoms with Gasteiger partial charge in [-0.25, -0.2) is 0 Å². The van der Waals surface area contributed by atoms with E-state index in [4.69, 9.17) is 21.3 Å². The summed E-state index contributed by atoms with van der Waals surface area (Å²) in [7, 11) is 0. The van der Waals surface area contributed by atoms with E-state index in [0.717, 1.165) is 59.8 Å². The molecule has 4 rings (SSSR count). The third kappa shape index (κ3) is 7.36. The lowest BCUT2D eigenvalue weighted by Crippen LogP contribution is -2.15. The van der Waals surface area contributed by atoms with Gasteiger partial charge in [-0.2, -0.15) is 0 Å². The molecule has 0 saturated heterocycles. The normalized spacial score (nSPS) is 13.6. The summed E-state index contributed by atoms with van der Waals surface area (Å²) < 4.78 is 6.04. The van der Waals surface area contributed by atoms with E-state index in [9.17, 15) is 9.90 Å². The first-order chi connectivity index (χ1) is 17.0. The van der Waals surface area contributed by atoms with Crippen LogP contribution >= 0.6 is 23.4 Å². The Bertz CT molecular complexity index is 1180. The van der Waals surface area contributed by atoms with Crippen LogP contribution in [-0.2, 0) is 17.6 Å². The lowest BCUT2D eigenvalue weighted by molar-refractivity contribution is -0.133. The van der Waals surface area contributed by atoms with Crippen LogP contribution in [0.4, 0.5) is 5.69 Å². The predicted molar refractivity (Wildman–Crippen MR) is 146 cm³/mol. The zero-order valence-corrected chi connectivity index (χ0v) is 21.4. The number of hydrogen-bond acceptors (Lipinski definition) is 4. The van der Waals surface area contributed by atoms with Crippen molar-refractivity contribution in [3.63, 3.8) is 0 Å². The largest absolute Gasteiger partial charge is 0.488 e. The number of nitrogens with zero attached hydrogens (tertiary/aromatic N) is 1. The third-order valence-electron chi connectivity index (χ3n) is 6.18. The van der Waals surface area contributed by atoms with Gasteiger partial charge in [0.1, 0.15) is 12.4 Å². The van der Waals surface area contributed by atoms with Gasteiger partial charge in [0, 0.05) is 10.3 Å². The molecule has 182 valence electrons. The second kappa shape index (κ2) is 12.3. The van der Waals surface area contributed by atoms with E-state index in [2.05, 4.69) is 37.3 Å². The number of thioether (sulfide) groups is 1. The zero-order valence-electron chi connectivity index (χ0n) is 19.9. The van der Waals surface area contributed by atoms with Crippen molar-refractivity contribution in [2.45, 2.75) is 44.3 Å². The monoisotopic (exact) mass is 507 g/mol. The molecule has 1 unspecified atom stereocenters. The van der Waals surface area contributed by atoms with Crippen molar-refractivity contribution < 1.29 is 14.6 Å². The summed E-state index contributed by atoms with van der Waals surface area (Å²) in [5, 5.41) is 10.0. The van der Waals surface area contributed by atoms with Gasteiger partial charge in [0.15, 0.2) is 0 Å². The number of para-hydroxylation sites is 1. The molecule has 1 N–H and O–H groups in total. The fraction of sp³-hybridized carbons (Fsp3) is 0.310. The lowest BCUT2D eigenvalue weighted by atomic mass is 9.99. The molecule has 0 radical (unpaired) electrons. The van der Waals surface area contributed by atoms with Crippen LogP contribution in [0, 0.1) is 6.92 Å². The van der Waals surface area contributed by atoms with Gasteiger partial charge >= 0.3 is 5.97 Å². The number of rotatable bonds is 11. The molecule has 3 aromatic carbocycles. The second-order valence-corrected chi connectivity index (χ2v) is 10.5. The summed E-state index contributed by atoms with van der Waals surface area (Å²) in [6.45, 7) is 2.57. The van der Waals surface area contributed by atoms with Crippen LogP contribution in [0.3, 0.4) is 0 Å². The Hall–Kier alpha value is -2.76. The summed E-state index contributed by atoms with van der Waals surface area (Å²) in [4.78, 5) is 16.0. The third-order valence-corrected chi connectivity index (χ3v) is 7.76. The number of halogens is 1. The van der Waals surface area contributed by atoms with Crippen molar-refractivity contribution in [1.82, 2.24) is 0 Å². The van der Waals surface area contributed by atoms with E-state index in [1.807, 2.05) is 36.4 Å². The minimum Gasteiger partial charge on any atom is -0.488 e. The van der Waals surface area contributed by atoms with Crippen LogP contribution in [-0.4, -0.2) is 29.1 Å². The topological polar surface area (TPSA) is 58.9 Å². The highest BCUT2D eigenvalue weighted by molar-refractivity contribution is 8.00. The fourth-order valence-electron chi connectivity index (χ4n) is 4.28. The zero-order chi connectivity index (χ0) is 24.6. The maximum Gasteiger partial charge on any atom is 0.313 e. The maximum absolute atomic E-state index is 11.2. The average Bonchev–Trinajstić information content (AvgIpc) is 2.86. The van der Waals surface area contributed by atoms with Gasteiger partial charge in [0.25, 0.3) is 0 Å². The summed E-state index contributed by atoms with van der Waals surface area (Å²) in [6.07, 6.45) is 4.72. The van der Waals surface area contributed by atoms with Crippen LogP contribution in [0.2, 0.25) is 5.02 Å². The molecule has 6 heteroatoms. The molecule has 4 nitrogen and oxygen atoms in total. The molecule has 0 spiro atoms. The Morgan fingerprint density at radius 3 is 2.60 bits per heavy atom. The number of carboxylic acids is 1. The Morgan fingerprint density at radius 2 is 1.86 bits per heavy atom. The number of carbonyl (C=O) groups is 1. The van der Waals surface area contributed by atoms with Crippen molar-refractivity contribution >= 4 is 40.7 Å². The van der Waals surface area contributed by atoms with Crippen molar-refractivity contribution in [1.29, 1.82) is 0 Å². The van der Waals surface area contributed by atoms with Crippen molar-refractivity contribution in [3.05, 3.63) is 94.0 Å². The quantitative estimate of drug-likeness (QED) is 0.290. The molecule has 0 aromatic heterocycles. The maximum atomic E-state index is 11.2. The van der Waals surface area contributed by atoms with E-state index in [0.29, 0.717) is 6.61 Å². The lowest BCUT2D eigenvalue weighted by Gasteiger charge is -2.18. The number of benzene rings is 3. The van der Waals surface area contributed by atoms with E-state index < -0.39 is 5.97 Å². The summed E-state index contributed by atoms with van der Waals surface area (Å²) >= 11 is 7.45. The van der Waals surface area contributed by atoms with Gasteiger partial charge < -0.3 is 9.84 Å². The number of aryl methyl sites for hydroxylation is 3. The van der Waals surface area contributed by atoms with Crippen LogP contribution in [0.1, 0.15) is 46.8 Å². The van der Waals surface area contributed by atoms with E-state index in [1.54, 1.807) is 0 Å². The molecule has 0 aliphatic carbocycles. The van der Waals surface area contributed by atoms with Crippen LogP contribution in [0.5, 0.6) is 5.75 Å². The number of aliphatic imine (C=N–C) groups is 1. The molecule has 1 atom stereocenters. The van der Waals surface area contributed by atoms with Crippen LogP contribution in [0.25, 0.3) is 0 Å². The molecule has 0 saturated carbocycles. The Kier molecular flexibility index (Phi) is 8.89. The van der Waals surface area contributed by atoms with Crippen LogP contribution < -0.4 is 4.74 Å². The van der Waals surface area contributed by atoms with Crippen LogP contribution in [0.15, 0.2) is 71.7 Å². The SMILES string of the molecule is Cc1cccc2c1N=C(COc1ccc(C(CCCc3ccc(Cl)cc3)SCC(=O)O)cc1)CC2. The first-order valence-electron chi connectivity index (χ1n) is 11.9. The standard InChI is InChI=1S/C29H30ClNO3S/c1-20-4-2-6-23-10-15-25(31-29(20)23)18-34-26-16-11-22(12-17-26)27(35-19-28(32)33)7-3-5-21-8-13-24(30)14-9-21/h2,4,6,8-9,11-14,16-17,27H,3,5,7,10,15,18-19H2,1H3,(H,32,33). The van der Waals surface area contributed by atoms with E-state index in [-0.39, 0.29) is 11.0 Å². The Balaban J connectivity index is 1.35. The van der Waals surface area contributed by atoms with Crippen molar-refractivity contribution in [2.24, 2.45) is 4.99 Å². The minimum absolute atomic E-state index is 0.0879. The number of ether oxygens (including phenoxy) is 1. The molecular weight excluding hydrogens is 478 g/mol. The molecule has 1 aliphatic heterocycles. The molecule has 0 fully saturated rings. The molecule has 0 amide bonds. The average molecular weight is 508 g/mol. The number of aliphatic carboxylic acids is 1. The number of fused-ring (bicyclic) bond motifs is 1. The first-order valence-corrected chi connectivity index (χ1v) is 13.4. The summed E-state index contributed by atoms with van der Waals surface area (Å²) in [5.74, 6) is 0.0998. The Morgan fingerprint density at radius 1 is 1.09 bits per heavy atom. The summed E-state index contributed by atoms with van der Waals surface area (Å²) in [5.41, 5.74) is 7.02. The number of hydrogen-bond donors (Lipinski definition) is 1. The fourth-order valence-corrected chi connectivity index (χ4v) is 5.44. The van der Waals surface area contributed by atoms with Gasteiger partial charge in [-0.1, -0.05) is 54.1 Å². The number of carboxylic acid groups (broad SMARTS) is 1. The van der Waals surface area contributed by atoms with Gasteiger partial charge in [-0.05, 0) is 85.5 Å². The van der Waals surface area contributed by atoms with Gasteiger partial charge in [-0.3, -0.25) is 9.79 Å². The highest BCUT2D eigenvalue weighted by atomic mass is 35.5. The summed E-state index contributed by atoms with van der Waals surface area (Å²) in [6, 6.07) is 22.3. The molecular formula is C29H30ClNO3S. The van der Waals surface area contributed by atoms with E-state index in [1.165, 1.54) is 28.5 Å². The highest BCUT2D eigenvalue weighted by Crippen LogP contribution is 2.35. The Labute approximate surface area is 216 Å². The van der Waals surface area contributed by atoms with Gasteiger partial charge in [0.2, 0.25) is 0 Å². The van der Waals surface area contributed by atoms with Gasteiger partial charge in [-0.15, -0.1) is 11.8 Å². The molecule has 1 heterocycles. The first kappa shape index (κ1) is 25.3. The van der Waals surface area contributed by atoms with Crippen molar-refractivity contribution in [3.8, 4) is 5.75 Å². The molecule has 1 aliphatic rings.